The molecule has 6 unspecified atom stereocenters. The van der Waals surface area contributed by atoms with Gasteiger partial charge in [0.25, 0.3) is 0 Å². The van der Waals surface area contributed by atoms with Crippen LogP contribution in [0.5, 0.6) is 0 Å². The molecule has 6 rings (SSSR count). The Morgan fingerprint density at radius 2 is 2.11 bits per heavy atom. The van der Waals surface area contributed by atoms with Crippen molar-refractivity contribution in [2.75, 3.05) is 5.75 Å². The fourth-order valence-electron chi connectivity index (χ4n) is 8.49. The molecule has 2 heterocycles. The van der Waals surface area contributed by atoms with Gasteiger partial charge in [0.2, 0.25) is 0 Å². The summed E-state index contributed by atoms with van der Waals surface area (Å²) in [6, 6.07) is 0. The van der Waals surface area contributed by atoms with Crippen molar-refractivity contribution >= 4 is 23.3 Å². The number of carbonyl (C=O) groups excluding carboxylic acids is 2. The molecule has 1 aliphatic heterocycles. The SMILES string of the molecule is CC1(C)O[C@@H]2CC3C4CCC5=CC(=O)C=CC5(C)C4C(O)CC3(C)[C@]2(C(=O)CSc2ncc[nH]2)O1. The Morgan fingerprint density at radius 1 is 1.31 bits per heavy atom. The Hall–Kier alpha value is -1.74. The number of ketones is 2. The zero-order chi connectivity index (χ0) is 24.8. The number of aliphatic hydroxyl groups excluding tert-OH is 1. The molecule has 1 aromatic heterocycles. The Kier molecular flexibility index (Phi) is 5.16. The van der Waals surface area contributed by atoms with Crippen LogP contribution < -0.4 is 0 Å². The molecule has 0 aromatic carbocycles. The third kappa shape index (κ3) is 3.19. The number of carbonyl (C=O) groups is 2. The van der Waals surface area contributed by atoms with Crippen molar-refractivity contribution in [3.05, 3.63) is 36.2 Å². The zero-order valence-corrected chi connectivity index (χ0v) is 21.6. The number of H-pyrrole nitrogens is 1. The molecule has 35 heavy (non-hydrogen) atoms. The topological polar surface area (TPSA) is 102 Å². The number of rotatable bonds is 4. The Morgan fingerprint density at radius 3 is 2.86 bits per heavy atom. The average molecular weight is 499 g/mol. The number of fused-ring (bicyclic) bond motifs is 7. The molecule has 2 N–H and O–H groups in total. The summed E-state index contributed by atoms with van der Waals surface area (Å²) >= 11 is 1.38. The summed E-state index contributed by atoms with van der Waals surface area (Å²) in [4.78, 5) is 33.5. The van der Waals surface area contributed by atoms with Crippen molar-refractivity contribution in [2.24, 2.45) is 28.6 Å². The van der Waals surface area contributed by atoms with Gasteiger partial charge in [-0.05, 0) is 63.5 Å². The number of imidazole rings is 1. The maximum Gasteiger partial charge on any atom is 0.178 e. The Labute approximate surface area is 210 Å². The number of aromatic amines is 1. The van der Waals surface area contributed by atoms with E-state index < -0.39 is 22.9 Å². The van der Waals surface area contributed by atoms with Crippen molar-refractivity contribution < 1.29 is 24.2 Å². The van der Waals surface area contributed by atoms with Gasteiger partial charge in [-0.25, -0.2) is 4.98 Å². The summed E-state index contributed by atoms with van der Waals surface area (Å²) in [5.74, 6) is -0.204. The first kappa shape index (κ1) is 23.6. The molecule has 0 radical (unpaired) electrons. The second kappa shape index (κ2) is 7.63. The monoisotopic (exact) mass is 498 g/mol. The minimum absolute atomic E-state index is 0.00130. The zero-order valence-electron chi connectivity index (χ0n) is 20.7. The van der Waals surface area contributed by atoms with E-state index in [1.807, 2.05) is 19.9 Å². The van der Waals surface area contributed by atoms with E-state index >= 15 is 0 Å². The first-order valence-corrected chi connectivity index (χ1v) is 13.6. The number of aromatic nitrogens is 2. The highest BCUT2D eigenvalue weighted by Crippen LogP contribution is 2.70. The summed E-state index contributed by atoms with van der Waals surface area (Å²) in [5.41, 5.74) is -0.884. The lowest BCUT2D eigenvalue weighted by Gasteiger charge is -2.60. The molecule has 3 saturated carbocycles. The van der Waals surface area contributed by atoms with Crippen LogP contribution in [-0.2, 0) is 19.1 Å². The summed E-state index contributed by atoms with van der Waals surface area (Å²) in [7, 11) is 0. The predicted molar refractivity (Wildman–Crippen MR) is 130 cm³/mol. The van der Waals surface area contributed by atoms with Crippen LogP contribution in [-0.4, -0.2) is 56.0 Å². The van der Waals surface area contributed by atoms with E-state index in [1.54, 1.807) is 24.5 Å². The van der Waals surface area contributed by atoms with Crippen LogP contribution in [0.15, 0.2) is 41.4 Å². The van der Waals surface area contributed by atoms with Crippen LogP contribution in [0, 0.1) is 28.6 Å². The molecule has 1 aromatic rings. The molecule has 5 aliphatic rings. The second-order valence-corrected chi connectivity index (χ2v) is 12.9. The number of Topliss-reactive ketones (excluding diaryl/α,β-unsaturated/α-hetero) is 1. The second-order valence-electron chi connectivity index (χ2n) is 11.9. The Balaban J connectivity index is 1.38. The van der Waals surface area contributed by atoms with Crippen molar-refractivity contribution in [3.8, 4) is 0 Å². The molecule has 0 amide bonds. The predicted octanol–water partition coefficient (Wildman–Crippen LogP) is 3.85. The average Bonchev–Trinajstić information content (AvgIpc) is 3.45. The van der Waals surface area contributed by atoms with E-state index in [4.69, 9.17) is 9.47 Å². The fourth-order valence-corrected chi connectivity index (χ4v) is 9.26. The van der Waals surface area contributed by atoms with Crippen molar-refractivity contribution in [1.82, 2.24) is 9.97 Å². The minimum Gasteiger partial charge on any atom is -0.393 e. The molecular weight excluding hydrogens is 464 g/mol. The minimum atomic E-state index is -1.11. The molecule has 8 atom stereocenters. The molecule has 188 valence electrons. The highest BCUT2D eigenvalue weighted by Gasteiger charge is 2.76. The molecule has 4 fully saturated rings. The van der Waals surface area contributed by atoms with Crippen LogP contribution in [0.4, 0.5) is 0 Å². The Bertz CT molecular complexity index is 1130. The van der Waals surface area contributed by atoms with E-state index in [1.165, 1.54) is 11.8 Å². The number of thioether (sulfide) groups is 1. The number of hydrogen-bond acceptors (Lipinski definition) is 7. The highest BCUT2D eigenvalue weighted by atomic mass is 32.2. The number of allylic oxidation sites excluding steroid dienone is 4. The summed E-state index contributed by atoms with van der Waals surface area (Å²) in [6.45, 7) is 8.06. The molecule has 0 bridgehead atoms. The van der Waals surface area contributed by atoms with Gasteiger partial charge in [-0.1, -0.05) is 37.3 Å². The quantitative estimate of drug-likeness (QED) is 0.608. The molecule has 7 nitrogen and oxygen atoms in total. The van der Waals surface area contributed by atoms with Crippen LogP contribution >= 0.6 is 11.8 Å². The van der Waals surface area contributed by atoms with Gasteiger partial charge in [0.1, 0.15) is 0 Å². The lowest BCUT2D eigenvalue weighted by molar-refractivity contribution is -0.223. The maximum atomic E-state index is 14.1. The molecule has 4 aliphatic carbocycles. The van der Waals surface area contributed by atoms with Crippen molar-refractivity contribution in [2.45, 2.75) is 82.1 Å². The largest absolute Gasteiger partial charge is 0.393 e. The number of aliphatic hydroxyl groups is 1. The number of hydrogen-bond donors (Lipinski definition) is 2. The van der Waals surface area contributed by atoms with E-state index in [2.05, 4.69) is 23.8 Å². The van der Waals surface area contributed by atoms with E-state index in [0.29, 0.717) is 11.6 Å². The third-order valence-corrected chi connectivity index (χ3v) is 10.6. The first-order chi connectivity index (χ1) is 16.5. The summed E-state index contributed by atoms with van der Waals surface area (Å²) < 4.78 is 13.1. The van der Waals surface area contributed by atoms with Gasteiger partial charge in [0.15, 0.2) is 28.1 Å². The van der Waals surface area contributed by atoms with Crippen LogP contribution in [0.3, 0.4) is 0 Å². The van der Waals surface area contributed by atoms with Crippen LogP contribution in [0.25, 0.3) is 0 Å². The molecule has 1 saturated heterocycles. The number of ether oxygens (including phenoxy) is 2. The van der Waals surface area contributed by atoms with Gasteiger partial charge in [-0.15, -0.1) is 0 Å². The van der Waals surface area contributed by atoms with Gasteiger partial charge in [0, 0.05) is 29.1 Å². The molecular formula is C27H34N2O5S. The van der Waals surface area contributed by atoms with E-state index in [9.17, 15) is 14.7 Å². The van der Waals surface area contributed by atoms with Gasteiger partial charge < -0.3 is 19.6 Å². The van der Waals surface area contributed by atoms with Crippen molar-refractivity contribution in [1.29, 1.82) is 0 Å². The third-order valence-electron chi connectivity index (χ3n) is 9.72. The number of nitrogens with zero attached hydrogens (tertiary/aromatic N) is 1. The first-order valence-electron chi connectivity index (χ1n) is 12.7. The lowest BCUT2D eigenvalue weighted by atomic mass is 9.46. The smallest absolute Gasteiger partial charge is 0.178 e. The summed E-state index contributed by atoms with van der Waals surface area (Å²) in [6.07, 6.45) is 10.8. The summed E-state index contributed by atoms with van der Waals surface area (Å²) in [5, 5.41) is 12.4. The van der Waals surface area contributed by atoms with E-state index in [-0.39, 0.29) is 46.6 Å². The van der Waals surface area contributed by atoms with Gasteiger partial charge in [-0.3, -0.25) is 9.59 Å². The maximum absolute atomic E-state index is 14.1. The van der Waals surface area contributed by atoms with Crippen molar-refractivity contribution in [3.63, 3.8) is 0 Å². The van der Waals surface area contributed by atoms with Gasteiger partial charge in [-0.2, -0.15) is 0 Å². The highest BCUT2D eigenvalue weighted by molar-refractivity contribution is 7.99. The van der Waals surface area contributed by atoms with Crippen LogP contribution in [0.1, 0.15) is 53.4 Å². The lowest BCUT2D eigenvalue weighted by Crippen LogP contribution is -2.63. The van der Waals surface area contributed by atoms with Gasteiger partial charge >= 0.3 is 0 Å². The number of nitrogens with one attached hydrogen (secondary N) is 1. The van der Waals surface area contributed by atoms with E-state index in [0.717, 1.165) is 24.8 Å². The standard InChI is InChI=1S/C27H34N2O5S/c1-24(2)33-21-12-18-17-6-5-15-11-16(30)7-8-25(15,3)22(17)19(31)13-26(18,4)27(21,34-24)20(32)14-35-23-28-9-10-29-23/h7-11,17-19,21-22,31H,5-6,12-14H2,1-4H3,(H,28,29)/t17?,18?,19?,21-,22?,25?,26?,27-/m1/s1. The van der Waals surface area contributed by atoms with Crippen LogP contribution in [0.2, 0.25) is 0 Å². The normalized spacial score (nSPS) is 45.3. The molecule has 0 spiro atoms. The molecule has 8 heteroatoms. The van der Waals surface area contributed by atoms with Gasteiger partial charge in [0.05, 0.1) is 18.0 Å². The fraction of sp³-hybridized carbons (Fsp3) is 0.667.